The molecule has 8 N–H and O–H groups in total. The molecule has 0 aliphatic carbocycles. The number of nitrogens with one attached hydrogen (secondary N) is 3. The van der Waals surface area contributed by atoms with Crippen LogP contribution in [0.4, 0.5) is 0 Å². The van der Waals surface area contributed by atoms with Crippen LogP contribution in [-0.2, 0) is 30.4 Å². The van der Waals surface area contributed by atoms with E-state index >= 15 is 0 Å². The maximum atomic E-state index is 13.0. The Morgan fingerprint density at radius 1 is 1.15 bits per heavy atom. The van der Waals surface area contributed by atoms with E-state index in [1.165, 1.54) is 4.90 Å². The Kier molecular flexibility index (Phi) is 7.84. The first-order valence-electron chi connectivity index (χ1n) is 10.9. The van der Waals surface area contributed by atoms with Gasteiger partial charge in [0.15, 0.2) is 0 Å². The number of hydrogen-bond acceptors (Lipinski definition) is 6. The van der Waals surface area contributed by atoms with E-state index in [-0.39, 0.29) is 19.5 Å². The van der Waals surface area contributed by atoms with E-state index in [2.05, 4.69) is 15.6 Å². The second-order valence-corrected chi connectivity index (χ2v) is 8.15. The number of aliphatic carboxylic acids is 1. The van der Waals surface area contributed by atoms with Gasteiger partial charge in [0.1, 0.15) is 18.1 Å². The summed E-state index contributed by atoms with van der Waals surface area (Å²) >= 11 is 0. The van der Waals surface area contributed by atoms with Gasteiger partial charge in [-0.2, -0.15) is 0 Å². The number of likely N-dealkylation sites (tertiary alicyclic amines) is 1. The molecule has 3 rings (SSSR count). The average Bonchev–Trinajstić information content (AvgIpc) is 3.45. The van der Waals surface area contributed by atoms with Gasteiger partial charge in [0.2, 0.25) is 23.6 Å². The van der Waals surface area contributed by atoms with Crippen LogP contribution in [0.1, 0.15) is 24.8 Å². The zero-order valence-corrected chi connectivity index (χ0v) is 18.5. The van der Waals surface area contributed by atoms with Crippen molar-refractivity contribution in [2.24, 2.45) is 11.5 Å². The first-order chi connectivity index (χ1) is 16.2. The molecule has 0 spiro atoms. The SMILES string of the molecule is NCC(=O)NC(CC(N)=O)C(=O)N1CCCC1C(=O)NC(Cc1c[nH]c2ccccc12)C(=O)O. The third-order valence-electron chi connectivity index (χ3n) is 5.78. The molecule has 2 aromatic rings. The number of benzene rings is 1. The number of para-hydroxylation sites is 1. The fraction of sp³-hybridized carbons (Fsp3) is 0.409. The van der Waals surface area contributed by atoms with Crippen LogP contribution < -0.4 is 22.1 Å². The lowest BCUT2D eigenvalue weighted by molar-refractivity contribution is -0.145. The molecule has 0 radical (unpaired) electrons. The maximum Gasteiger partial charge on any atom is 0.326 e. The number of carbonyl (C=O) groups is 5. The molecular weight excluding hydrogens is 444 g/mol. The molecule has 182 valence electrons. The molecule has 34 heavy (non-hydrogen) atoms. The number of hydrogen-bond donors (Lipinski definition) is 6. The van der Waals surface area contributed by atoms with Crippen LogP contribution in [0.5, 0.6) is 0 Å². The third kappa shape index (κ3) is 5.70. The van der Waals surface area contributed by atoms with E-state index < -0.39 is 54.1 Å². The summed E-state index contributed by atoms with van der Waals surface area (Å²) in [6, 6.07) is 3.98. The van der Waals surface area contributed by atoms with Gasteiger partial charge in [0.05, 0.1) is 13.0 Å². The van der Waals surface area contributed by atoms with Gasteiger partial charge in [-0.1, -0.05) is 18.2 Å². The summed E-state index contributed by atoms with van der Waals surface area (Å²) in [7, 11) is 0. The summed E-state index contributed by atoms with van der Waals surface area (Å²) in [5.74, 6) is -3.94. The summed E-state index contributed by atoms with van der Waals surface area (Å²) in [5.41, 5.74) is 12.1. The van der Waals surface area contributed by atoms with Gasteiger partial charge in [-0.05, 0) is 24.5 Å². The number of nitrogens with zero attached hydrogens (tertiary/aromatic N) is 1. The number of primary amides is 1. The first-order valence-corrected chi connectivity index (χ1v) is 10.9. The Labute approximate surface area is 195 Å². The summed E-state index contributed by atoms with van der Waals surface area (Å²) in [6.07, 6.45) is 2.10. The summed E-state index contributed by atoms with van der Waals surface area (Å²) in [6.45, 7) is -0.175. The minimum atomic E-state index is -1.26. The number of carboxylic acid groups (broad SMARTS) is 1. The van der Waals surface area contributed by atoms with Crippen LogP contribution in [0, 0.1) is 0 Å². The highest BCUT2D eigenvalue weighted by Gasteiger charge is 2.39. The second-order valence-electron chi connectivity index (χ2n) is 8.15. The lowest BCUT2D eigenvalue weighted by Gasteiger charge is -2.29. The lowest BCUT2D eigenvalue weighted by atomic mass is 10.0. The number of carbonyl (C=O) groups excluding carboxylic acids is 4. The van der Waals surface area contributed by atoms with E-state index in [1.807, 2.05) is 24.3 Å². The largest absolute Gasteiger partial charge is 0.480 e. The van der Waals surface area contributed by atoms with Crippen molar-refractivity contribution in [3.05, 3.63) is 36.0 Å². The molecule has 1 aromatic carbocycles. The Morgan fingerprint density at radius 3 is 2.56 bits per heavy atom. The van der Waals surface area contributed by atoms with E-state index in [4.69, 9.17) is 11.5 Å². The minimum absolute atomic E-state index is 0.0443. The van der Waals surface area contributed by atoms with Crippen molar-refractivity contribution < 1.29 is 29.1 Å². The van der Waals surface area contributed by atoms with Gasteiger partial charge < -0.3 is 37.1 Å². The van der Waals surface area contributed by atoms with Gasteiger partial charge in [-0.3, -0.25) is 19.2 Å². The average molecular weight is 473 g/mol. The zero-order valence-electron chi connectivity index (χ0n) is 18.5. The van der Waals surface area contributed by atoms with Crippen molar-refractivity contribution in [2.75, 3.05) is 13.1 Å². The predicted octanol–water partition coefficient (Wildman–Crippen LogP) is -1.41. The van der Waals surface area contributed by atoms with Crippen LogP contribution in [0.3, 0.4) is 0 Å². The van der Waals surface area contributed by atoms with Crippen LogP contribution in [0.15, 0.2) is 30.5 Å². The zero-order chi connectivity index (χ0) is 24.8. The molecule has 1 aromatic heterocycles. The van der Waals surface area contributed by atoms with Gasteiger partial charge in [-0.15, -0.1) is 0 Å². The van der Waals surface area contributed by atoms with Crippen molar-refractivity contribution in [2.45, 2.75) is 43.8 Å². The molecule has 0 saturated carbocycles. The summed E-state index contributed by atoms with van der Waals surface area (Å²) in [5, 5.41) is 15.4. The fourth-order valence-corrected chi connectivity index (χ4v) is 4.15. The monoisotopic (exact) mass is 472 g/mol. The van der Waals surface area contributed by atoms with Crippen molar-refractivity contribution >= 4 is 40.5 Å². The number of carboxylic acids is 1. The number of rotatable bonds is 10. The normalized spacial score (nSPS) is 17.2. The molecule has 3 atom stereocenters. The fourth-order valence-electron chi connectivity index (χ4n) is 4.15. The van der Waals surface area contributed by atoms with E-state index in [1.54, 1.807) is 6.20 Å². The second kappa shape index (κ2) is 10.8. The summed E-state index contributed by atoms with van der Waals surface area (Å²) < 4.78 is 0. The van der Waals surface area contributed by atoms with E-state index in [9.17, 15) is 29.1 Å². The molecule has 12 heteroatoms. The van der Waals surface area contributed by atoms with Crippen molar-refractivity contribution in [1.82, 2.24) is 20.5 Å². The topological polar surface area (TPSA) is 201 Å². The number of aromatic amines is 1. The molecule has 0 bridgehead atoms. The Hall–Kier alpha value is -3.93. The first kappa shape index (κ1) is 24.7. The molecule has 2 heterocycles. The molecule has 1 saturated heterocycles. The van der Waals surface area contributed by atoms with Crippen LogP contribution in [-0.4, -0.2) is 75.8 Å². The van der Waals surface area contributed by atoms with Crippen LogP contribution in [0.2, 0.25) is 0 Å². The highest BCUT2D eigenvalue weighted by molar-refractivity contribution is 5.96. The standard InChI is InChI=1S/C22H28N6O6/c23-10-19(30)26-15(9-18(24)29)21(32)28-7-3-6-17(28)20(31)27-16(22(33)34)8-12-11-25-14-5-2-1-4-13(12)14/h1-2,4-5,11,15-17,25H,3,6-10,23H2,(H2,24,29)(H,26,30)(H,27,31)(H,33,34). The number of fused-ring (bicyclic) bond motifs is 1. The number of nitrogens with two attached hydrogens (primary N) is 2. The van der Waals surface area contributed by atoms with Gasteiger partial charge >= 0.3 is 5.97 Å². The highest BCUT2D eigenvalue weighted by Crippen LogP contribution is 2.21. The minimum Gasteiger partial charge on any atom is -0.480 e. The quantitative estimate of drug-likeness (QED) is 0.244. The smallest absolute Gasteiger partial charge is 0.326 e. The van der Waals surface area contributed by atoms with E-state index in [0.29, 0.717) is 12.8 Å². The molecular formula is C22H28N6O6. The molecule has 1 aliphatic heterocycles. The molecule has 12 nitrogen and oxygen atoms in total. The highest BCUT2D eigenvalue weighted by atomic mass is 16.4. The predicted molar refractivity (Wildman–Crippen MR) is 121 cm³/mol. The van der Waals surface area contributed by atoms with Gasteiger partial charge in [-0.25, -0.2) is 4.79 Å². The van der Waals surface area contributed by atoms with Gasteiger partial charge in [0.25, 0.3) is 0 Å². The van der Waals surface area contributed by atoms with Crippen molar-refractivity contribution in [1.29, 1.82) is 0 Å². The Bertz CT molecular complexity index is 1100. The third-order valence-corrected chi connectivity index (χ3v) is 5.78. The van der Waals surface area contributed by atoms with E-state index in [0.717, 1.165) is 16.5 Å². The van der Waals surface area contributed by atoms with Crippen LogP contribution in [0.25, 0.3) is 10.9 Å². The molecule has 3 unspecified atom stereocenters. The van der Waals surface area contributed by atoms with Gasteiger partial charge in [0, 0.05) is 30.1 Å². The number of amides is 4. The lowest BCUT2D eigenvalue weighted by Crippen LogP contribution is -2.56. The molecule has 4 amide bonds. The number of aromatic nitrogens is 1. The van der Waals surface area contributed by atoms with Crippen LogP contribution >= 0.6 is 0 Å². The molecule has 1 aliphatic rings. The number of H-pyrrole nitrogens is 1. The maximum absolute atomic E-state index is 13.0. The summed E-state index contributed by atoms with van der Waals surface area (Å²) in [4.78, 5) is 65.4. The molecule has 1 fully saturated rings. The Balaban J connectivity index is 1.73. The van der Waals surface area contributed by atoms with Crippen molar-refractivity contribution in [3.8, 4) is 0 Å². The van der Waals surface area contributed by atoms with Crippen molar-refractivity contribution in [3.63, 3.8) is 0 Å². The Morgan fingerprint density at radius 2 is 1.88 bits per heavy atom.